The van der Waals surface area contributed by atoms with Crippen LogP contribution in [0.2, 0.25) is 0 Å². The molecule has 0 aliphatic carbocycles. The maximum atomic E-state index is 10.6. The van der Waals surface area contributed by atoms with Crippen molar-refractivity contribution in [1.82, 2.24) is 0 Å². The van der Waals surface area contributed by atoms with E-state index in [1.54, 1.807) is 0 Å². The smallest absolute Gasteiger partial charge is 0.330 e. The fraction of sp³-hybridized carbons (Fsp3) is 0.333. The molecule has 0 aromatic heterocycles. The molecule has 0 spiro atoms. The number of rotatable bonds is 9. The van der Waals surface area contributed by atoms with E-state index in [1.165, 1.54) is 13.8 Å². The number of aliphatic carboxylic acids is 2. The van der Waals surface area contributed by atoms with Gasteiger partial charge < -0.3 is 19.7 Å². The van der Waals surface area contributed by atoms with Gasteiger partial charge in [-0.1, -0.05) is 26.3 Å². The van der Waals surface area contributed by atoms with Crippen LogP contribution in [0.4, 0.5) is 0 Å². The van der Waals surface area contributed by atoms with Crippen molar-refractivity contribution in [2.45, 2.75) is 26.7 Å². The van der Waals surface area contributed by atoms with Crippen LogP contribution in [0.1, 0.15) is 26.7 Å². The number of carboxylic acids is 2. The highest BCUT2D eigenvalue weighted by molar-refractivity contribution is 5.85. The van der Waals surface area contributed by atoms with E-state index in [4.69, 9.17) is 19.7 Å². The van der Waals surface area contributed by atoms with Crippen LogP contribution in [0, 0.1) is 0 Å². The summed E-state index contributed by atoms with van der Waals surface area (Å²) in [6.07, 6.45) is 3.53. The second kappa shape index (κ2) is 18.2. The summed E-state index contributed by atoms with van der Waals surface area (Å²) in [6.45, 7) is 16.3. The Morgan fingerprint density at radius 3 is 1.15 bits per heavy atom. The van der Waals surface area contributed by atoms with Crippen LogP contribution in [-0.2, 0) is 28.7 Å². The standard InChI is InChI=1S/C10H14O4.2C4H6O2/c1-3-9(11)13-7-5-6-8-14-10(12)4-2;2*1-3(2)4(5)6/h3-4H,1-2,5-8H2;2*1H2,2H3,(H,5,6). The van der Waals surface area contributed by atoms with Crippen LogP contribution < -0.4 is 0 Å². The maximum absolute atomic E-state index is 10.6. The Kier molecular flexibility index (Phi) is 19.4. The molecule has 0 aliphatic rings. The monoisotopic (exact) mass is 370 g/mol. The first-order chi connectivity index (χ1) is 12.0. The Bertz CT molecular complexity index is 459. The van der Waals surface area contributed by atoms with Crippen LogP contribution >= 0.6 is 0 Å². The average molecular weight is 370 g/mol. The van der Waals surface area contributed by atoms with Gasteiger partial charge in [0.1, 0.15) is 0 Å². The zero-order valence-electron chi connectivity index (χ0n) is 15.2. The lowest BCUT2D eigenvalue weighted by molar-refractivity contribution is -0.140. The minimum Gasteiger partial charge on any atom is -0.478 e. The van der Waals surface area contributed by atoms with Crippen molar-refractivity contribution >= 4 is 23.9 Å². The predicted octanol–water partition coefficient (Wildman–Crippen LogP) is 2.52. The first-order valence-corrected chi connectivity index (χ1v) is 7.35. The topological polar surface area (TPSA) is 127 Å². The molecule has 146 valence electrons. The Labute approximate surface area is 153 Å². The lowest BCUT2D eigenvalue weighted by atomic mass is 10.3. The lowest BCUT2D eigenvalue weighted by Crippen LogP contribution is -2.05. The molecule has 0 atom stereocenters. The second-order valence-corrected chi connectivity index (χ2v) is 4.62. The summed E-state index contributed by atoms with van der Waals surface area (Å²) in [5.74, 6) is -2.74. The normalized spacial score (nSPS) is 8.23. The van der Waals surface area contributed by atoms with Gasteiger partial charge in [0.15, 0.2) is 0 Å². The summed E-state index contributed by atoms with van der Waals surface area (Å²) in [7, 11) is 0. The number of carbonyl (C=O) groups excluding carboxylic acids is 2. The number of hydrogen-bond acceptors (Lipinski definition) is 6. The Morgan fingerprint density at radius 1 is 0.769 bits per heavy atom. The number of hydrogen-bond donors (Lipinski definition) is 2. The molecule has 8 nitrogen and oxygen atoms in total. The van der Waals surface area contributed by atoms with Crippen LogP contribution in [0.15, 0.2) is 49.6 Å². The molecule has 0 aromatic carbocycles. The molecule has 0 fully saturated rings. The number of carbonyl (C=O) groups is 4. The largest absolute Gasteiger partial charge is 0.478 e. The van der Waals surface area contributed by atoms with Gasteiger partial charge in [0.25, 0.3) is 0 Å². The molecule has 0 saturated carbocycles. The zero-order chi connectivity index (χ0) is 21.1. The van der Waals surface area contributed by atoms with Gasteiger partial charge in [-0.05, 0) is 26.7 Å². The molecule has 0 bridgehead atoms. The van der Waals surface area contributed by atoms with E-state index in [0.29, 0.717) is 26.1 Å². The average Bonchev–Trinajstić information content (AvgIpc) is 2.58. The molecule has 0 aliphatic heterocycles. The molecule has 0 rings (SSSR count). The molecular weight excluding hydrogens is 344 g/mol. The molecule has 0 aromatic rings. The third-order valence-corrected chi connectivity index (χ3v) is 2.09. The van der Waals surface area contributed by atoms with Gasteiger partial charge in [0, 0.05) is 23.3 Å². The van der Waals surface area contributed by atoms with Gasteiger partial charge in [-0.15, -0.1) is 0 Å². The molecule has 26 heavy (non-hydrogen) atoms. The van der Waals surface area contributed by atoms with E-state index in [9.17, 15) is 19.2 Å². The molecule has 0 unspecified atom stereocenters. The summed E-state index contributed by atoms with van der Waals surface area (Å²) in [6, 6.07) is 0. The van der Waals surface area contributed by atoms with Crippen molar-refractivity contribution < 1.29 is 38.9 Å². The van der Waals surface area contributed by atoms with Crippen molar-refractivity contribution in [2.75, 3.05) is 13.2 Å². The quantitative estimate of drug-likeness (QED) is 0.360. The van der Waals surface area contributed by atoms with Crippen molar-refractivity contribution in [3.05, 3.63) is 49.6 Å². The van der Waals surface area contributed by atoms with E-state index < -0.39 is 23.9 Å². The number of esters is 2. The van der Waals surface area contributed by atoms with E-state index in [0.717, 1.165) is 12.2 Å². The summed E-state index contributed by atoms with van der Waals surface area (Å²) in [5.41, 5.74) is 0.352. The van der Waals surface area contributed by atoms with Crippen LogP contribution in [0.5, 0.6) is 0 Å². The minimum atomic E-state index is -0.935. The van der Waals surface area contributed by atoms with Crippen LogP contribution in [0.25, 0.3) is 0 Å². The highest BCUT2D eigenvalue weighted by atomic mass is 16.5. The second-order valence-electron chi connectivity index (χ2n) is 4.62. The van der Waals surface area contributed by atoms with Gasteiger partial charge in [-0.3, -0.25) is 0 Å². The van der Waals surface area contributed by atoms with Gasteiger partial charge in [-0.2, -0.15) is 0 Å². The minimum absolute atomic E-state index is 0.176. The predicted molar refractivity (Wildman–Crippen MR) is 96.4 cm³/mol. The Hall–Kier alpha value is -3.16. The van der Waals surface area contributed by atoms with E-state index in [1.807, 2.05) is 0 Å². The molecule has 2 N–H and O–H groups in total. The van der Waals surface area contributed by atoms with E-state index in [2.05, 4.69) is 26.3 Å². The highest BCUT2D eigenvalue weighted by Gasteiger charge is 1.97. The molecule has 0 heterocycles. The molecule has 0 amide bonds. The molecule has 0 saturated heterocycles. The van der Waals surface area contributed by atoms with Gasteiger partial charge >= 0.3 is 23.9 Å². The van der Waals surface area contributed by atoms with Crippen LogP contribution in [0.3, 0.4) is 0 Å². The first kappa shape index (κ1) is 27.7. The highest BCUT2D eigenvalue weighted by Crippen LogP contribution is 1.93. The summed E-state index contributed by atoms with van der Waals surface area (Å²) >= 11 is 0. The Balaban J connectivity index is -0.000000364. The summed E-state index contributed by atoms with van der Waals surface area (Å²) < 4.78 is 9.41. The first-order valence-electron chi connectivity index (χ1n) is 7.35. The fourth-order valence-corrected chi connectivity index (χ4v) is 0.667. The molecular formula is C18H26O8. The van der Waals surface area contributed by atoms with Crippen molar-refractivity contribution in [2.24, 2.45) is 0 Å². The van der Waals surface area contributed by atoms with Crippen molar-refractivity contribution in [1.29, 1.82) is 0 Å². The van der Waals surface area contributed by atoms with Crippen LogP contribution in [-0.4, -0.2) is 47.3 Å². The molecule has 0 radical (unpaired) electrons. The van der Waals surface area contributed by atoms with E-state index >= 15 is 0 Å². The number of ether oxygens (including phenoxy) is 2. The van der Waals surface area contributed by atoms with Crippen molar-refractivity contribution in [3.63, 3.8) is 0 Å². The third kappa shape index (κ3) is 25.8. The van der Waals surface area contributed by atoms with E-state index in [-0.39, 0.29) is 11.1 Å². The third-order valence-electron chi connectivity index (χ3n) is 2.09. The SMILES string of the molecule is C=C(C)C(=O)O.C=C(C)C(=O)O.C=CC(=O)OCCCCOC(=O)C=C. The van der Waals surface area contributed by atoms with Gasteiger partial charge in [0.05, 0.1) is 13.2 Å². The fourth-order valence-electron chi connectivity index (χ4n) is 0.667. The number of carboxylic acid groups (broad SMARTS) is 2. The summed E-state index contributed by atoms with van der Waals surface area (Å²) in [5, 5.41) is 15.8. The van der Waals surface area contributed by atoms with Crippen molar-refractivity contribution in [3.8, 4) is 0 Å². The summed E-state index contributed by atoms with van der Waals surface area (Å²) in [4.78, 5) is 40.3. The zero-order valence-corrected chi connectivity index (χ0v) is 15.2. The van der Waals surface area contributed by atoms with Gasteiger partial charge in [-0.25, -0.2) is 19.2 Å². The van der Waals surface area contributed by atoms with Gasteiger partial charge in [0.2, 0.25) is 0 Å². The maximum Gasteiger partial charge on any atom is 0.330 e. The lowest BCUT2D eigenvalue weighted by Gasteiger charge is -2.02. The number of unbranched alkanes of at least 4 members (excludes halogenated alkanes) is 1. The molecule has 8 heteroatoms. The Morgan fingerprint density at radius 2 is 1.00 bits per heavy atom.